The van der Waals surface area contributed by atoms with Gasteiger partial charge in [-0.3, -0.25) is 14.9 Å². The van der Waals surface area contributed by atoms with E-state index in [-0.39, 0.29) is 28.5 Å². The summed E-state index contributed by atoms with van der Waals surface area (Å²) >= 11 is 6.00. The molecule has 0 atom stereocenters. The smallest absolute Gasteiger partial charge is 0.270 e. The number of hydrogen-bond acceptors (Lipinski definition) is 4. The summed E-state index contributed by atoms with van der Waals surface area (Å²) in [5, 5.41) is 15.2. The molecule has 0 N–H and O–H groups in total. The summed E-state index contributed by atoms with van der Waals surface area (Å²) in [4.78, 5) is 22.7. The van der Waals surface area contributed by atoms with Gasteiger partial charge in [-0.25, -0.2) is 4.68 Å². The summed E-state index contributed by atoms with van der Waals surface area (Å²) in [6.07, 6.45) is 3.62. The number of non-ortho nitro benzene ring substituents is 1. The number of rotatable bonds is 5. The van der Waals surface area contributed by atoms with E-state index in [0.29, 0.717) is 0 Å². The molecular weight excluding hydrogens is 330 g/mol. The molecule has 0 saturated carbocycles. The third kappa shape index (κ3) is 3.33. The molecule has 0 saturated heterocycles. The monoisotopic (exact) mass is 341 g/mol. The Morgan fingerprint density at radius 1 is 1.21 bits per heavy atom. The van der Waals surface area contributed by atoms with E-state index in [1.165, 1.54) is 18.2 Å². The fourth-order valence-electron chi connectivity index (χ4n) is 2.31. The molecule has 6 nitrogen and oxygen atoms in total. The number of nitrogens with zero attached hydrogens (tertiary/aromatic N) is 3. The number of nitro groups is 1. The van der Waals surface area contributed by atoms with Gasteiger partial charge in [-0.05, 0) is 29.8 Å². The molecule has 0 aliphatic carbocycles. The Morgan fingerprint density at radius 2 is 1.96 bits per heavy atom. The summed E-state index contributed by atoms with van der Waals surface area (Å²) < 4.78 is 1.71. The Morgan fingerprint density at radius 3 is 2.58 bits per heavy atom. The average Bonchev–Trinajstić information content (AvgIpc) is 3.10. The van der Waals surface area contributed by atoms with E-state index in [4.69, 9.17) is 11.6 Å². The van der Waals surface area contributed by atoms with Crippen LogP contribution in [0.4, 0.5) is 5.69 Å². The molecule has 3 aromatic rings. The summed E-state index contributed by atoms with van der Waals surface area (Å²) in [5.74, 6) is -0.268. The number of carbonyl (C=O) groups is 1. The molecule has 0 bridgehead atoms. The van der Waals surface area contributed by atoms with Crippen LogP contribution in [0.1, 0.15) is 15.9 Å². The summed E-state index contributed by atoms with van der Waals surface area (Å²) in [6, 6.07) is 13.0. The average molecular weight is 342 g/mol. The Balaban J connectivity index is 1.80. The van der Waals surface area contributed by atoms with Crippen molar-refractivity contribution in [3.63, 3.8) is 0 Å². The molecular formula is C17H12ClN3O3. The second-order valence-corrected chi connectivity index (χ2v) is 5.55. The van der Waals surface area contributed by atoms with Crippen molar-refractivity contribution in [3.8, 4) is 5.69 Å². The van der Waals surface area contributed by atoms with Crippen LogP contribution in [0.3, 0.4) is 0 Å². The van der Waals surface area contributed by atoms with Gasteiger partial charge in [-0.15, -0.1) is 0 Å². The lowest BCUT2D eigenvalue weighted by molar-refractivity contribution is -0.384. The Labute approximate surface area is 142 Å². The Kier molecular flexibility index (Phi) is 4.39. The van der Waals surface area contributed by atoms with Crippen molar-refractivity contribution < 1.29 is 9.72 Å². The van der Waals surface area contributed by atoms with Gasteiger partial charge in [-0.2, -0.15) is 5.10 Å². The van der Waals surface area contributed by atoms with Crippen molar-refractivity contribution >= 4 is 23.1 Å². The third-order valence-electron chi connectivity index (χ3n) is 3.53. The zero-order valence-corrected chi connectivity index (χ0v) is 13.2. The van der Waals surface area contributed by atoms with E-state index >= 15 is 0 Å². The van der Waals surface area contributed by atoms with Crippen molar-refractivity contribution in [1.82, 2.24) is 9.78 Å². The van der Waals surface area contributed by atoms with Crippen LogP contribution in [-0.4, -0.2) is 20.5 Å². The first kappa shape index (κ1) is 15.9. The van der Waals surface area contributed by atoms with Crippen LogP contribution in [0.25, 0.3) is 5.69 Å². The SMILES string of the molecule is O=C(Cc1ccc(-n2cccn2)cc1)c1cc([N+](=O)[O-])ccc1Cl. The maximum atomic E-state index is 12.4. The lowest BCUT2D eigenvalue weighted by atomic mass is 10.0. The van der Waals surface area contributed by atoms with Gasteiger partial charge in [0.15, 0.2) is 5.78 Å². The normalized spacial score (nSPS) is 10.5. The molecule has 0 fully saturated rings. The highest BCUT2D eigenvalue weighted by atomic mass is 35.5. The fraction of sp³-hybridized carbons (Fsp3) is 0.0588. The second-order valence-electron chi connectivity index (χ2n) is 5.14. The minimum Gasteiger partial charge on any atom is -0.294 e. The van der Waals surface area contributed by atoms with Crippen molar-refractivity contribution in [2.75, 3.05) is 0 Å². The molecule has 0 unspecified atom stereocenters. The van der Waals surface area contributed by atoms with Crippen LogP contribution < -0.4 is 0 Å². The Hall–Kier alpha value is -2.99. The number of nitro benzene ring substituents is 1. The number of benzene rings is 2. The van der Waals surface area contributed by atoms with Crippen molar-refractivity contribution in [2.24, 2.45) is 0 Å². The van der Waals surface area contributed by atoms with Gasteiger partial charge in [0.05, 0.1) is 15.6 Å². The summed E-state index contributed by atoms with van der Waals surface area (Å²) in [7, 11) is 0. The number of aromatic nitrogens is 2. The number of Topliss-reactive ketones (excluding diaryl/α,β-unsaturated/α-hetero) is 1. The quantitative estimate of drug-likeness (QED) is 0.401. The topological polar surface area (TPSA) is 78.0 Å². The number of halogens is 1. The van der Waals surface area contributed by atoms with Gasteiger partial charge in [0.25, 0.3) is 5.69 Å². The third-order valence-corrected chi connectivity index (χ3v) is 3.86. The fourth-order valence-corrected chi connectivity index (χ4v) is 2.53. The van der Waals surface area contributed by atoms with Crippen LogP contribution >= 0.6 is 11.6 Å². The summed E-state index contributed by atoms with van der Waals surface area (Å²) in [5.41, 5.74) is 1.67. The van der Waals surface area contributed by atoms with Gasteiger partial charge in [0.2, 0.25) is 0 Å². The van der Waals surface area contributed by atoms with E-state index in [2.05, 4.69) is 5.10 Å². The van der Waals surface area contributed by atoms with E-state index in [1.54, 1.807) is 10.9 Å². The number of ketones is 1. The van der Waals surface area contributed by atoms with Crippen molar-refractivity contribution in [3.05, 3.63) is 87.2 Å². The molecule has 1 aromatic heterocycles. The second kappa shape index (κ2) is 6.64. The molecule has 0 aliphatic heterocycles. The molecule has 120 valence electrons. The van der Waals surface area contributed by atoms with Gasteiger partial charge >= 0.3 is 0 Å². The first-order valence-corrected chi connectivity index (χ1v) is 7.48. The van der Waals surface area contributed by atoms with Gasteiger partial charge in [-0.1, -0.05) is 23.7 Å². The van der Waals surface area contributed by atoms with Crippen LogP contribution in [0.15, 0.2) is 60.9 Å². The highest BCUT2D eigenvalue weighted by Gasteiger charge is 2.16. The summed E-state index contributed by atoms with van der Waals surface area (Å²) in [6.45, 7) is 0. The predicted octanol–water partition coefficient (Wildman–Crippen LogP) is 3.86. The molecule has 1 heterocycles. The first-order valence-electron chi connectivity index (χ1n) is 7.11. The van der Waals surface area contributed by atoms with Crippen LogP contribution in [0.2, 0.25) is 5.02 Å². The number of hydrogen-bond donors (Lipinski definition) is 0. The molecule has 2 aromatic carbocycles. The van der Waals surface area contributed by atoms with E-state index in [9.17, 15) is 14.9 Å². The van der Waals surface area contributed by atoms with Gasteiger partial charge in [0.1, 0.15) is 0 Å². The minimum absolute atomic E-state index is 0.111. The molecule has 0 radical (unpaired) electrons. The Bertz CT molecular complexity index is 890. The van der Waals surface area contributed by atoms with Gasteiger partial charge < -0.3 is 0 Å². The lowest BCUT2D eigenvalue weighted by Crippen LogP contribution is -2.05. The zero-order valence-electron chi connectivity index (χ0n) is 12.4. The molecule has 0 aliphatic rings. The molecule has 7 heteroatoms. The zero-order chi connectivity index (χ0) is 17.1. The molecule has 0 amide bonds. The maximum Gasteiger partial charge on any atom is 0.270 e. The van der Waals surface area contributed by atoms with Crippen molar-refractivity contribution in [2.45, 2.75) is 6.42 Å². The highest BCUT2D eigenvalue weighted by molar-refractivity contribution is 6.34. The lowest BCUT2D eigenvalue weighted by Gasteiger charge is -2.06. The van der Waals surface area contributed by atoms with Crippen molar-refractivity contribution in [1.29, 1.82) is 0 Å². The maximum absolute atomic E-state index is 12.4. The molecule has 0 spiro atoms. The van der Waals surface area contributed by atoms with E-state index in [0.717, 1.165) is 11.3 Å². The standard InChI is InChI=1S/C17H12ClN3O3/c18-16-7-6-14(21(23)24)11-15(16)17(22)10-12-2-4-13(5-3-12)20-9-1-8-19-20/h1-9,11H,10H2. The molecule has 3 rings (SSSR count). The molecule has 24 heavy (non-hydrogen) atoms. The first-order chi connectivity index (χ1) is 11.5. The van der Waals surface area contributed by atoms with Crippen LogP contribution in [0, 0.1) is 10.1 Å². The van der Waals surface area contributed by atoms with E-state index in [1.807, 2.05) is 36.5 Å². The van der Waals surface area contributed by atoms with E-state index < -0.39 is 4.92 Å². The number of carbonyl (C=O) groups excluding carboxylic acids is 1. The van der Waals surface area contributed by atoms with Crippen LogP contribution in [-0.2, 0) is 6.42 Å². The predicted molar refractivity (Wildman–Crippen MR) is 89.7 cm³/mol. The van der Waals surface area contributed by atoms with Gasteiger partial charge in [0, 0.05) is 36.5 Å². The largest absolute Gasteiger partial charge is 0.294 e. The highest BCUT2D eigenvalue weighted by Crippen LogP contribution is 2.23. The van der Waals surface area contributed by atoms with Crippen LogP contribution in [0.5, 0.6) is 0 Å². The minimum atomic E-state index is -0.550.